The van der Waals surface area contributed by atoms with Crippen LogP contribution in [0, 0.1) is 0 Å². The highest BCUT2D eigenvalue weighted by Crippen LogP contribution is 2.26. The lowest BCUT2D eigenvalue weighted by Crippen LogP contribution is -2.04. The second kappa shape index (κ2) is 7.49. The lowest BCUT2D eigenvalue weighted by atomic mass is 10.2. The molecule has 2 heterocycles. The van der Waals surface area contributed by atoms with Crippen LogP contribution in [0.2, 0.25) is 0 Å². The van der Waals surface area contributed by atoms with Gasteiger partial charge in [-0.3, -0.25) is 0 Å². The molecule has 1 N–H and O–H groups in total. The van der Waals surface area contributed by atoms with Crippen molar-refractivity contribution in [3.8, 4) is 5.69 Å². The smallest absolute Gasteiger partial charge is 0.190 e. The molecule has 0 aliphatic heterocycles. The molecule has 0 aliphatic carbocycles. The summed E-state index contributed by atoms with van der Waals surface area (Å²) >= 11 is 1.52. The first kappa shape index (κ1) is 16.5. The van der Waals surface area contributed by atoms with Crippen molar-refractivity contribution in [3.63, 3.8) is 0 Å². The highest BCUT2D eigenvalue weighted by molar-refractivity contribution is 7.98. The fraction of sp³-hybridized carbons (Fsp3) is 0.167. The van der Waals surface area contributed by atoms with Crippen LogP contribution in [0.5, 0.6) is 0 Å². The van der Waals surface area contributed by atoms with E-state index in [1.54, 1.807) is 4.68 Å². The number of rotatable bonds is 6. The van der Waals surface area contributed by atoms with Crippen LogP contribution in [0.25, 0.3) is 16.6 Å². The van der Waals surface area contributed by atoms with Crippen LogP contribution in [0.4, 0.5) is 5.82 Å². The predicted molar refractivity (Wildman–Crippen MR) is 102 cm³/mol. The van der Waals surface area contributed by atoms with Crippen LogP contribution < -0.4 is 5.32 Å². The number of tetrazole rings is 1. The first-order valence-electron chi connectivity index (χ1n) is 8.31. The molecule has 130 valence electrons. The molecule has 0 unspecified atom stereocenters. The monoisotopic (exact) mass is 363 g/mol. The Morgan fingerprint density at radius 2 is 1.81 bits per heavy atom. The van der Waals surface area contributed by atoms with Gasteiger partial charge in [0, 0.05) is 11.9 Å². The Balaban J connectivity index is 1.60. The number of hydrogen-bond acceptors (Lipinski definition) is 7. The van der Waals surface area contributed by atoms with Crippen molar-refractivity contribution >= 4 is 28.5 Å². The van der Waals surface area contributed by atoms with Gasteiger partial charge in [-0.25, -0.2) is 9.97 Å². The number of benzene rings is 2. The summed E-state index contributed by atoms with van der Waals surface area (Å²) in [5.74, 6) is 2.18. The average molecular weight is 363 g/mol. The van der Waals surface area contributed by atoms with Crippen molar-refractivity contribution in [2.24, 2.45) is 0 Å². The topological polar surface area (TPSA) is 81.4 Å². The second-order valence-corrected chi connectivity index (χ2v) is 6.48. The van der Waals surface area contributed by atoms with Crippen LogP contribution >= 0.6 is 11.8 Å². The molecular formula is C18H17N7S. The highest BCUT2D eigenvalue weighted by atomic mass is 32.2. The lowest BCUT2D eigenvalue weighted by molar-refractivity contribution is 0.777. The largest absolute Gasteiger partial charge is 0.370 e. The van der Waals surface area contributed by atoms with Gasteiger partial charge >= 0.3 is 0 Å². The van der Waals surface area contributed by atoms with E-state index >= 15 is 0 Å². The van der Waals surface area contributed by atoms with Gasteiger partial charge in [0.15, 0.2) is 11.0 Å². The van der Waals surface area contributed by atoms with E-state index in [4.69, 9.17) is 0 Å². The van der Waals surface area contributed by atoms with Crippen molar-refractivity contribution < 1.29 is 0 Å². The number of fused-ring (bicyclic) bond motifs is 1. The third kappa shape index (κ3) is 3.36. The summed E-state index contributed by atoms with van der Waals surface area (Å²) in [7, 11) is 0. The summed E-state index contributed by atoms with van der Waals surface area (Å²) in [6.07, 6.45) is 0. The predicted octanol–water partition coefficient (Wildman–Crippen LogP) is 3.33. The molecule has 0 saturated heterocycles. The molecule has 2 aromatic carbocycles. The van der Waals surface area contributed by atoms with Crippen LogP contribution in [0.3, 0.4) is 0 Å². The molecule has 0 fully saturated rings. The number of hydrogen-bond donors (Lipinski definition) is 1. The Bertz CT molecular complexity index is 1020. The number of thioether (sulfide) groups is 1. The van der Waals surface area contributed by atoms with Gasteiger partial charge < -0.3 is 5.32 Å². The Morgan fingerprint density at radius 3 is 2.65 bits per heavy atom. The maximum absolute atomic E-state index is 4.66. The highest BCUT2D eigenvalue weighted by Gasteiger charge is 2.12. The van der Waals surface area contributed by atoms with Gasteiger partial charge in [0.2, 0.25) is 0 Å². The molecule has 0 saturated carbocycles. The molecule has 0 aliphatic rings. The Hall–Kier alpha value is -3.00. The summed E-state index contributed by atoms with van der Waals surface area (Å²) in [4.78, 5) is 9.31. The fourth-order valence-corrected chi connectivity index (χ4v) is 3.37. The van der Waals surface area contributed by atoms with Crippen molar-refractivity contribution in [2.75, 3.05) is 11.9 Å². The fourth-order valence-electron chi connectivity index (χ4n) is 2.62. The maximum Gasteiger partial charge on any atom is 0.190 e. The van der Waals surface area contributed by atoms with E-state index in [-0.39, 0.29) is 0 Å². The van der Waals surface area contributed by atoms with E-state index in [1.165, 1.54) is 11.8 Å². The molecule has 0 amide bonds. The van der Waals surface area contributed by atoms with Crippen LogP contribution in [-0.2, 0) is 5.75 Å². The van der Waals surface area contributed by atoms with Crippen LogP contribution in [-0.4, -0.2) is 36.7 Å². The number of nitrogens with one attached hydrogen (secondary N) is 1. The van der Waals surface area contributed by atoms with Gasteiger partial charge in [-0.15, -0.1) is 5.10 Å². The standard InChI is InChI=1S/C18H17N7S/c1-2-19-17-14-10-6-7-11-15(14)20-18(21-17)26-12-16-22-23-24-25(16)13-8-4-3-5-9-13/h3-11H,2,12H2,1H3,(H,19,20,21). The Morgan fingerprint density at radius 1 is 1.00 bits per heavy atom. The molecule has 8 heteroatoms. The van der Waals surface area contributed by atoms with Crippen molar-refractivity contribution in [3.05, 3.63) is 60.4 Å². The molecule has 0 bridgehead atoms. The number of aromatic nitrogens is 6. The van der Waals surface area contributed by atoms with E-state index in [0.29, 0.717) is 10.9 Å². The molecule has 0 atom stereocenters. The number of para-hydroxylation sites is 2. The summed E-state index contributed by atoms with van der Waals surface area (Å²) in [6.45, 7) is 2.86. The maximum atomic E-state index is 4.66. The Kier molecular flexibility index (Phi) is 4.74. The minimum atomic E-state index is 0.575. The van der Waals surface area contributed by atoms with Gasteiger partial charge in [-0.1, -0.05) is 42.1 Å². The zero-order chi connectivity index (χ0) is 17.8. The summed E-state index contributed by atoms with van der Waals surface area (Å²) in [5, 5.41) is 17.1. The third-order valence-corrected chi connectivity index (χ3v) is 4.64. The lowest BCUT2D eigenvalue weighted by Gasteiger charge is -2.09. The van der Waals surface area contributed by atoms with E-state index < -0.39 is 0 Å². The molecule has 0 spiro atoms. The van der Waals surface area contributed by atoms with Gasteiger partial charge in [-0.05, 0) is 41.6 Å². The van der Waals surface area contributed by atoms with Crippen molar-refractivity contribution in [1.82, 2.24) is 30.2 Å². The van der Waals surface area contributed by atoms with E-state index in [1.807, 2.05) is 54.6 Å². The third-order valence-electron chi connectivity index (χ3n) is 3.79. The minimum Gasteiger partial charge on any atom is -0.370 e. The first-order valence-corrected chi connectivity index (χ1v) is 9.30. The normalized spacial score (nSPS) is 11.0. The zero-order valence-electron chi connectivity index (χ0n) is 14.2. The Labute approximate surface area is 154 Å². The molecule has 0 radical (unpaired) electrons. The zero-order valence-corrected chi connectivity index (χ0v) is 15.0. The molecule has 7 nitrogen and oxygen atoms in total. The summed E-state index contributed by atoms with van der Waals surface area (Å²) in [6, 6.07) is 17.8. The van der Waals surface area contributed by atoms with Crippen LogP contribution in [0.1, 0.15) is 12.7 Å². The SMILES string of the molecule is CCNc1nc(SCc2nnnn2-c2ccccc2)nc2ccccc12. The number of nitrogens with zero attached hydrogens (tertiary/aromatic N) is 6. The molecule has 4 rings (SSSR count). The van der Waals surface area contributed by atoms with Gasteiger partial charge in [0.05, 0.1) is 17.0 Å². The van der Waals surface area contributed by atoms with Crippen LogP contribution in [0.15, 0.2) is 59.8 Å². The summed E-state index contributed by atoms with van der Waals surface area (Å²) in [5.41, 5.74) is 1.85. The number of anilines is 1. The van der Waals surface area contributed by atoms with Gasteiger partial charge in [0.25, 0.3) is 0 Å². The molecule has 4 aromatic rings. The second-order valence-electron chi connectivity index (χ2n) is 5.53. The van der Waals surface area contributed by atoms with Crippen molar-refractivity contribution in [2.45, 2.75) is 17.8 Å². The van der Waals surface area contributed by atoms with E-state index in [9.17, 15) is 0 Å². The van der Waals surface area contributed by atoms with Gasteiger partial charge in [-0.2, -0.15) is 4.68 Å². The molecule has 2 aromatic heterocycles. The average Bonchev–Trinajstić information content (AvgIpc) is 3.16. The van der Waals surface area contributed by atoms with Gasteiger partial charge in [0.1, 0.15) is 5.82 Å². The van der Waals surface area contributed by atoms with E-state index in [2.05, 4.69) is 37.7 Å². The quantitative estimate of drug-likeness (QED) is 0.416. The minimum absolute atomic E-state index is 0.575. The summed E-state index contributed by atoms with van der Waals surface area (Å²) < 4.78 is 1.74. The van der Waals surface area contributed by atoms with Crippen molar-refractivity contribution in [1.29, 1.82) is 0 Å². The first-order chi connectivity index (χ1) is 12.8. The van der Waals surface area contributed by atoms with E-state index in [0.717, 1.165) is 34.8 Å². The molecule has 26 heavy (non-hydrogen) atoms. The molecular weight excluding hydrogens is 346 g/mol.